The topological polar surface area (TPSA) is 64.3 Å². The molecule has 2 aromatic carbocycles. The van der Waals surface area contributed by atoms with E-state index in [1.165, 1.54) is 18.3 Å². The second kappa shape index (κ2) is 7.15. The number of esters is 1. The number of pyridine rings is 1. The van der Waals surface area contributed by atoms with Crippen LogP contribution in [0.2, 0.25) is 0 Å². The summed E-state index contributed by atoms with van der Waals surface area (Å²) in [5.74, 6) is -1.26. The summed E-state index contributed by atoms with van der Waals surface area (Å²) in [4.78, 5) is 16.2. The summed E-state index contributed by atoms with van der Waals surface area (Å²) >= 11 is 0. The number of carbonyl (C=O) groups excluding carboxylic acids is 1. The molecule has 2 aromatic heterocycles. The summed E-state index contributed by atoms with van der Waals surface area (Å²) in [7, 11) is 0. The van der Waals surface area contributed by atoms with Crippen molar-refractivity contribution in [1.82, 2.24) is 9.55 Å². The number of hydrogen-bond donors (Lipinski definition) is 1. The Balaban J connectivity index is 2.00. The lowest BCUT2D eigenvalue weighted by atomic mass is 10.1. The molecule has 0 spiro atoms. The molecule has 0 fully saturated rings. The molecular weight excluding hydrogens is 359 g/mol. The van der Waals surface area contributed by atoms with Gasteiger partial charge in [0.2, 0.25) is 0 Å². The van der Waals surface area contributed by atoms with Gasteiger partial charge in [-0.15, -0.1) is 0 Å². The van der Waals surface area contributed by atoms with Gasteiger partial charge in [0.15, 0.2) is 11.4 Å². The summed E-state index contributed by atoms with van der Waals surface area (Å²) in [5.41, 5.74) is 2.83. The van der Waals surface area contributed by atoms with E-state index in [9.17, 15) is 14.3 Å². The summed E-state index contributed by atoms with van der Waals surface area (Å²) < 4.78 is 20.3. The van der Waals surface area contributed by atoms with Crippen LogP contribution >= 0.6 is 0 Å². The van der Waals surface area contributed by atoms with E-state index in [0.717, 1.165) is 16.9 Å². The Morgan fingerprint density at radius 3 is 2.54 bits per heavy atom. The van der Waals surface area contributed by atoms with Gasteiger partial charge in [-0.3, -0.25) is 0 Å². The number of hydrogen-bond acceptors (Lipinski definition) is 4. The fourth-order valence-corrected chi connectivity index (χ4v) is 3.19. The lowest BCUT2D eigenvalue weighted by Gasteiger charge is -2.11. The average molecular weight is 376 g/mol. The third kappa shape index (κ3) is 2.99. The van der Waals surface area contributed by atoms with Gasteiger partial charge in [0.25, 0.3) is 0 Å². The lowest BCUT2D eigenvalue weighted by molar-refractivity contribution is 0.0516. The van der Waals surface area contributed by atoms with Gasteiger partial charge in [-0.2, -0.15) is 0 Å². The molecule has 0 unspecified atom stereocenters. The molecular formula is C22H17FN2O3. The van der Waals surface area contributed by atoms with Crippen LogP contribution in [-0.4, -0.2) is 27.2 Å². The molecule has 0 aliphatic rings. The van der Waals surface area contributed by atoms with E-state index in [1.54, 1.807) is 25.1 Å². The van der Waals surface area contributed by atoms with E-state index in [-0.39, 0.29) is 23.9 Å². The number of aromatic hydroxyl groups is 1. The van der Waals surface area contributed by atoms with E-state index in [2.05, 4.69) is 4.98 Å². The lowest BCUT2D eigenvalue weighted by Crippen LogP contribution is -2.07. The Kier molecular flexibility index (Phi) is 4.53. The number of para-hydroxylation sites is 1. The molecule has 0 radical (unpaired) electrons. The molecule has 0 aliphatic heterocycles. The second-order valence-corrected chi connectivity index (χ2v) is 6.18. The number of fused-ring (bicyclic) bond motifs is 1. The summed E-state index contributed by atoms with van der Waals surface area (Å²) in [5, 5.41) is 11.1. The smallest absolute Gasteiger partial charge is 0.360 e. The average Bonchev–Trinajstić information content (AvgIpc) is 3.10. The molecule has 0 amide bonds. The van der Waals surface area contributed by atoms with E-state index in [1.807, 2.05) is 34.9 Å². The van der Waals surface area contributed by atoms with Crippen LogP contribution in [0.15, 0.2) is 66.9 Å². The first kappa shape index (κ1) is 17.7. The largest absolute Gasteiger partial charge is 0.505 e. The van der Waals surface area contributed by atoms with Crippen molar-refractivity contribution < 1.29 is 19.0 Å². The highest BCUT2D eigenvalue weighted by molar-refractivity contribution is 6.00. The van der Waals surface area contributed by atoms with Crippen LogP contribution < -0.4 is 0 Å². The molecule has 0 saturated carbocycles. The van der Waals surface area contributed by atoms with Crippen molar-refractivity contribution in [3.8, 4) is 22.7 Å². The van der Waals surface area contributed by atoms with Crippen LogP contribution in [0.3, 0.4) is 0 Å². The third-order valence-electron chi connectivity index (χ3n) is 4.46. The van der Waals surface area contributed by atoms with Crippen LogP contribution in [0, 0.1) is 5.82 Å². The molecule has 5 nitrogen and oxygen atoms in total. The number of aromatic nitrogens is 2. The van der Waals surface area contributed by atoms with Gasteiger partial charge in [-0.05, 0) is 55.0 Å². The predicted molar refractivity (Wildman–Crippen MR) is 104 cm³/mol. The molecule has 140 valence electrons. The maximum Gasteiger partial charge on any atom is 0.360 e. The van der Waals surface area contributed by atoms with E-state index in [4.69, 9.17) is 4.74 Å². The number of nitrogens with zero attached hydrogens (tertiary/aromatic N) is 2. The molecule has 6 heteroatoms. The van der Waals surface area contributed by atoms with E-state index >= 15 is 0 Å². The van der Waals surface area contributed by atoms with Crippen LogP contribution in [0.25, 0.3) is 27.8 Å². The Morgan fingerprint density at radius 1 is 1.14 bits per heavy atom. The molecule has 2 heterocycles. The van der Waals surface area contributed by atoms with Gasteiger partial charge in [-0.1, -0.05) is 18.2 Å². The van der Waals surface area contributed by atoms with Crippen molar-refractivity contribution in [3.05, 3.63) is 78.4 Å². The molecule has 4 aromatic rings. The maximum atomic E-state index is 13.4. The maximum absolute atomic E-state index is 13.4. The first-order valence-electron chi connectivity index (χ1n) is 8.82. The molecule has 0 atom stereocenters. The Labute approximate surface area is 160 Å². The van der Waals surface area contributed by atoms with E-state index in [0.29, 0.717) is 10.9 Å². The summed E-state index contributed by atoms with van der Waals surface area (Å²) in [6.45, 7) is 1.87. The van der Waals surface area contributed by atoms with Gasteiger partial charge >= 0.3 is 5.97 Å². The summed E-state index contributed by atoms with van der Waals surface area (Å²) in [6, 6.07) is 17.4. The zero-order valence-electron chi connectivity index (χ0n) is 15.1. The van der Waals surface area contributed by atoms with Crippen LogP contribution in [-0.2, 0) is 4.74 Å². The number of carbonyl (C=O) groups is 1. The highest BCUT2D eigenvalue weighted by atomic mass is 19.1. The predicted octanol–water partition coefficient (Wildman–Crippen LogP) is 4.71. The van der Waals surface area contributed by atoms with Crippen molar-refractivity contribution in [1.29, 1.82) is 0 Å². The van der Waals surface area contributed by atoms with Crippen molar-refractivity contribution in [3.63, 3.8) is 0 Å². The monoisotopic (exact) mass is 376 g/mol. The minimum Gasteiger partial charge on any atom is -0.505 e. The van der Waals surface area contributed by atoms with Gasteiger partial charge in [0.05, 0.1) is 24.0 Å². The van der Waals surface area contributed by atoms with Crippen molar-refractivity contribution >= 4 is 16.9 Å². The second-order valence-electron chi connectivity index (χ2n) is 6.18. The molecule has 4 rings (SSSR count). The van der Waals surface area contributed by atoms with Gasteiger partial charge in [0.1, 0.15) is 5.82 Å². The minimum absolute atomic E-state index is 0.134. The number of halogens is 1. The van der Waals surface area contributed by atoms with Crippen LogP contribution in [0.4, 0.5) is 4.39 Å². The van der Waals surface area contributed by atoms with Gasteiger partial charge in [0, 0.05) is 11.1 Å². The molecule has 0 saturated heterocycles. The Morgan fingerprint density at radius 2 is 1.86 bits per heavy atom. The summed E-state index contributed by atoms with van der Waals surface area (Å²) in [6.07, 6.45) is 1.53. The van der Waals surface area contributed by atoms with Crippen LogP contribution in [0.1, 0.15) is 17.4 Å². The molecule has 0 aliphatic carbocycles. The van der Waals surface area contributed by atoms with Crippen molar-refractivity contribution in [2.75, 3.05) is 6.61 Å². The minimum atomic E-state index is -0.683. The van der Waals surface area contributed by atoms with Crippen LogP contribution in [0.5, 0.6) is 5.75 Å². The standard InChI is InChI=1S/C22H17FN2O3/c1-2-28-22(27)20-21(26)17-12-18(14-8-10-15(23)11-9-14)25(19(17)13-24-20)16-6-4-3-5-7-16/h3-13,26H,2H2,1H3. The van der Waals surface area contributed by atoms with Gasteiger partial charge in [-0.25, -0.2) is 14.2 Å². The van der Waals surface area contributed by atoms with E-state index < -0.39 is 5.97 Å². The first-order chi connectivity index (χ1) is 13.6. The first-order valence-corrected chi connectivity index (χ1v) is 8.82. The van der Waals surface area contributed by atoms with Crippen molar-refractivity contribution in [2.45, 2.75) is 6.92 Å². The zero-order chi connectivity index (χ0) is 19.7. The normalized spacial score (nSPS) is 10.9. The SMILES string of the molecule is CCOC(=O)c1ncc2c(cc(-c3ccc(F)cc3)n2-c2ccccc2)c1O. The fourth-order valence-electron chi connectivity index (χ4n) is 3.19. The number of ether oxygens (including phenoxy) is 1. The molecule has 28 heavy (non-hydrogen) atoms. The Bertz CT molecular complexity index is 1150. The third-order valence-corrected chi connectivity index (χ3v) is 4.46. The quantitative estimate of drug-likeness (QED) is 0.524. The van der Waals surface area contributed by atoms with Gasteiger partial charge < -0.3 is 14.4 Å². The number of benzene rings is 2. The number of rotatable bonds is 4. The molecule has 0 bridgehead atoms. The highest BCUT2D eigenvalue weighted by Gasteiger charge is 2.21. The zero-order valence-corrected chi connectivity index (χ0v) is 15.1. The Hall–Kier alpha value is -3.67. The van der Waals surface area contributed by atoms with Crippen molar-refractivity contribution in [2.24, 2.45) is 0 Å². The highest BCUT2D eigenvalue weighted by Crippen LogP contribution is 2.36. The fraction of sp³-hybridized carbons (Fsp3) is 0.0909. The molecule has 1 N–H and O–H groups in total.